The molecule has 16 heavy (non-hydrogen) atoms. The summed E-state index contributed by atoms with van der Waals surface area (Å²) in [6, 6.07) is 0. The zero-order chi connectivity index (χ0) is 12.2. The van der Waals surface area contributed by atoms with E-state index in [4.69, 9.17) is 5.73 Å². The van der Waals surface area contributed by atoms with Crippen LogP contribution in [0, 0.1) is 5.92 Å². The maximum absolute atomic E-state index is 12.0. The maximum Gasteiger partial charge on any atom is 0.222 e. The van der Waals surface area contributed by atoms with Gasteiger partial charge in [-0.3, -0.25) is 4.79 Å². The Labute approximate surface area is 99.4 Å². The van der Waals surface area contributed by atoms with E-state index in [0.29, 0.717) is 6.42 Å². The monoisotopic (exact) mass is 226 g/mol. The van der Waals surface area contributed by atoms with E-state index < -0.39 is 0 Å². The van der Waals surface area contributed by atoms with Crippen molar-refractivity contribution in [2.24, 2.45) is 11.7 Å². The van der Waals surface area contributed by atoms with Crippen molar-refractivity contribution in [2.75, 3.05) is 13.1 Å². The van der Waals surface area contributed by atoms with Gasteiger partial charge in [0.15, 0.2) is 0 Å². The van der Waals surface area contributed by atoms with Gasteiger partial charge < -0.3 is 10.6 Å². The summed E-state index contributed by atoms with van der Waals surface area (Å²) in [4.78, 5) is 14.0. The molecule has 1 fully saturated rings. The molecule has 1 saturated carbocycles. The average molecular weight is 226 g/mol. The van der Waals surface area contributed by atoms with Crippen LogP contribution in [0.5, 0.6) is 0 Å². The molecule has 1 rings (SSSR count). The first-order chi connectivity index (χ1) is 7.42. The molecule has 1 amide bonds. The molecule has 0 aromatic heterocycles. The van der Waals surface area contributed by atoms with Crippen LogP contribution in [0.15, 0.2) is 0 Å². The van der Waals surface area contributed by atoms with Crippen molar-refractivity contribution in [3.63, 3.8) is 0 Å². The lowest BCUT2D eigenvalue weighted by Crippen LogP contribution is -2.37. The molecule has 0 aromatic carbocycles. The van der Waals surface area contributed by atoms with Crippen LogP contribution in [0.1, 0.15) is 52.9 Å². The van der Waals surface area contributed by atoms with Crippen molar-refractivity contribution in [2.45, 2.75) is 58.4 Å². The Hall–Kier alpha value is -0.570. The summed E-state index contributed by atoms with van der Waals surface area (Å²) in [6.45, 7) is 7.95. The first-order valence-electron chi connectivity index (χ1n) is 6.49. The summed E-state index contributed by atoms with van der Waals surface area (Å²) in [5.41, 5.74) is 5.67. The van der Waals surface area contributed by atoms with Gasteiger partial charge in [-0.05, 0) is 45.4 Å². The molecule has 2 N–H and O–H groups in total. The van der Waals surface area contributed by atoms with Crippen LogP contribution >= 0.6 is 0 Å². The van der Waals surface area contributed by atoms with Crippen LogP contribution in [-0.2, 0) is 4.79 Å². The molecule has 0 spiro atoms. The van der Waals surface area contributed by atoms with Crippen molar-refractivity contribution in [3.8, 4) is 0 Å². The predicted octanol–water partition coefficient (Wildman–Crippen LogP) is 2.15. The smallest absolute Gasteiger partial charge is 0.222 e. The van der Waals surface area contributed by atoms with Crippen molar-refractivity contribution in [1.29, 1.82) is 0 Å². The molecule has 3 nitrogen and oxygen atoms in total. The third kappa shape index (κ3) is 5.50. The SMILES string of the molecule is CCCN(CC1CC1)C(=O)CCC(C)(C)N. The second-order valence-corrected chi connectivity index (χ2v) is 5.77. The van der Waals surface area contributed by atoms with E-state index in [9.17, 15) is 4.79 Å². The number of rotatable bonds is 7. The Morgan fingerprint density at radius 1 is 1.44 bits per heavy atom. The van der Waals surface area contributed by atoms with E-state index in [1.165, 1.54) is 12.8 Å². The number of amides is 1. The summed E-state index contributed by atoms with van der Waals surface area (Å²) in [6.07, 6.45) is 5.02. The minimum Gasteiger partial charge on any atom is -0.342 e. The number of nitrogens with two attached hydrogens (primary N) is 1. The third-order valence-corrected chi connectivity index (χ3v) is 3.00. The number of nitrogens with zero attached hydrogens (tertiary/aromatic N) is 1. The van der Waals surface area contributed by atoms with Gasteiger partial charge in [0, 0.05) is 25.0 Å². The van der Waals surface area contributed by atoms with Crippen molar-refractivity contribution >= 4 is 5.91 Å². The number of carbonyl (C=O) groups excluding carboxylic acids is 1. The van der Waals surface area contributed by atoms with Gasteiger partial charge >= 0.3 is 0 Å². The van der Waals surface area contributed by atoms with Crippen LogP contribution in [0.3, 0.4) is 0 Å². The van der Waals surface area contributed by atoms with Gasteiger partial charge in [0.1, 0.15) is 0 Å². The van der Waals surface area contributed by atoms with E-state index in [2.05, 4.69) is 6.92 Å². The Morgan fingerprint density at radius 2 is 2.06 bits per heavy atom. The minimum atomic E-state index is -0.229. The summed E-state index contributed by atoms with van der Waals surface area (Å²) >= 11 is 0. The quantitative estimate of drug-likeness (QED) is 0.723. The molecule has 0 atom stereocenters. The summed E-state index contributed by atoms with van der Waals surface area (Å²) < 4.78 is 0. The van der Waals surface area contributed by atoms with Gasteiger partial charge in [0.2, 0.25) is 5.91 Å². The largest absolute Gasteiger partial charge is 0.342 e. The van der Waals surface area contributed by atoms with E-state index in [0.717, 1.165) is 31.8 Å². The molecular weight excluding hydrogens is 200 g/mol. The average Bonchev–Trinajstić information content (AvgIpc) is 2.96. The molecule has 94 valence electrons. The van der Waals surface area contributed by atoms with Crippen LogP contribution in [0.4, 0.5) is 0 Å². The molecule has 0 bridgehead atoms. The minimum absolute atomic E-state index is 0.229. The second kappa shape index (κ2) is 5.67. The Balaban J connectivity index is 2.33. The predicted molar refractivity (Wildman–Crippen MR) is 67.1 cm³/mol. The van der Waals surface area contributed by atoms with E-state index in [1.54, 1.807) is 0 Å². The fourth-order valence-electron chi connectivity index (χ4n) is 1.79. The van der Waals surface area contributed by atoms with Gasteiger partial charge in [-0.2, -0.15) is 0 Å². The molecule has 0 aromatic rings. The lowest BCUT2D eigenvalue weighted by Gasteiger charge is -2.24. The number of hydrogen-bond donors (Lipinski definition) is 1. The third-order valence-electron chi connectivity index (χ3n) is 3.00. The molecule has 1 aliphatic carbocycles. The summed E-state index contributed by atoms with van der Waals surface area (Å²) in [5.74, 6) is 1.06. The first kappa shape index (κ1) is 13.5. The van der Waals surface area contributed by atoms with Crippen LogP contribution in [0.2, 0.25) is 0 Å². The van der Waals surface area contributed by atoms with Crippen molar-refractivity contribution in [1.82, 2.24) is 4.90 Å². The Morgan fingerprint density at radius 3 is 2.50 bits per heavy atom. The Kier molecular flexibility index (Phi) is 4.78. The fraction of sp³-hybridized carbons (Fsp3) is 0.923. The van der Waals surface area contributed by atoms with Crippen LogP contribution < -0.4 is 5.73 Å². The summed E-state index contributed by atoms with van der Waals surface area (Å²) in [5, 5.41) is 0. The molecule has 0 radical (unpaired) electrons. The van der Waals surface area contributed by atoms with E-state index >= 15 is 0 Å². The molecule has 0 heterocycles. The van der Waals surface area contributed by atoms with Crippen molar-refractivity contribution < 1.29 is 4.79 Å². The first-order valence-corrected chi connectivity index (χ1v) is 6.49. The van der Waals surface area contributed by atoms with Crippen LogP contribution in [-0.4, -0.2) is 29.4 Å². The van der Waals surface area contributed by atoms with E-state index in [-0.39, 0.29) is 11.4 Å². The van der Waals surface area contributed by atoms with Gasteiger partial charge in [0.05, 0.1) is 0 Å². The highest BCUT2D eigenvalue weighted by atomic mass is 16.2. The molecule has 0 aliphatic heterocycles. The van der Waals surface area contributed by atoms with Crippen molar-refractivity contribution in [3.05, 3.63) is 0 Å². The molecule has 1 aliphatic rings. The fourth-order valence-corrected chi connectivity index (χ4v) is 1.79. The number of hydrogen-bond acceptors (Lipinski definition) is 2. The zero-order valence-corrected chi connectivity index (χ0v) is 11.0. The highest BCUT2D eigenvalue weighted by Crippen LogP contribution is 2.30. The van der Waals surface area contributed by atoms with E-state index in [1.807, 2.05) is 18.7 Å². The number of carbonyl (C=O) groups is 1. The maximum atomic E-state index is 12.0. The molecular formula is C13H26N2O. The molecule has 3 heteroatoms. The van der Waals surface area contributed by atoms with Gasteiger partial charge in [-0.15, -0.1) is 0 Å². The van der Waals surface area contributed by atoms with Crippen LogP contribution in [0.25, 0.3) is 0 Å². The zero-order valence-electron chi connectivity index (χ0n) is 11.0. The standard InChI is InChI=1S/C13H26N2O/c1-4-9-15(10-11-5-6-11)12(16)7-8-13(2,3)14/h11H,4-10,14H2,1-3H3. The lowest BCUT2D eigenvalue weighted by molar-refractivity contribution is -0.131. The Bertz CT molecular complexity index is 229. The van der Waals surface area contributed by atoms with Gasteiger partial charge in [-0.25, -0.2) is 0 Å². The topological polar surface area (TPSA) is 46.3 Å². The van der Waals surface area contributed by atoms with Gasteiger partial charge in [-0.1, -0.05) is 6.92 Å². The highest BCUT2D eigenvalue weighted by molar-refractivity contribution is 5.76. The van der Waals surface area contributed by atoms with Gasteiger partial charge in [0.25, 0.3) is 0 Å². The summed E-state index contributed by atoms with van der Waals surface area (Å²) in [7, 11) is 0. The normalized spacial score (nSPS) is 16.2. The molecule has 0 unspecified atom stereocenters. The lowest BCUT2D eigenvalue weighted by atomic mass is 9.99. The second-order valence-electron chi connectivity index (χ2n) is 5.77. The highest BCUT2D eigenvalue weighted by Gasteiger charge is 2.26. The molecule has 0 saturated heterocycles.